The second-order valence-electron chi connectivity index (χ2n) is 3.09. The highest BCUT2D eigenvalue weighted by molar-refractivity contribution is 7.11. The maximum atomic E-state index is 9.41. The Kier molecular flexibility index (Phi) is 2.81. The second kappa shape index (κ2) is 4.08. The summed E-state index contributed by atoms with van der Waals surface area (Å²) in [4.78, 5) is 4.26. The molecular weight excluding hydrogens is 200 g/mol. The van der Waals surface area contributed by atoms with Crippen LogP contribution >= 0.6 is 11.3 Å². The Morgan fingerprint density at radius 1 is 1.71 bits per heavy atom. The quantitative estimate of drug-likeness (QED) is 0.749. The number of aliphatic hydroxyl groups excluding tert-OH is 1. The Bertz CT molecular complexity index is 348. The molecule has 0 saturated carbocycles. The number of aliphatic hydroxyl groups is 1. The monoisotopic (exact) mass is 212 g/mol. The van der Waals surface area contributed by atoms with Gasteiger partial charge in [0.15, 0.2) is 0 Å². The molecule has 0 aliphatic carbocycles. The standard InChI is InChI=1S/C9H12N2O2S/c1-13-9-11-8(5-14-9)6-2-7(12)4-10-3-6/h2,5,7,10,12H,3-4H2,1H3. The molecule has 0 aromatic carbocycles. The Morgan fingerprint density at radius 2 is 2.57 bits per heavy atom. The van der Waals surface area contributed by atoms with Gasteiger partial charge in [-0.05, 0) is 11.6 Å². The number of nitrogens with one attached hydrogen (secondary N) is 1. The van der Waals surface area contributed by atoms with E-state index in [9.17, 15) is 5.11 Å². The maximum Gasteiger partial charge on any atom is 0.273 e. The van der Waals surface area contributed by atoms with Crippen molar-refractivity contribution < 1.29 is 9.84 Å². The third-order valence-electron chi connectivity index (χ3n) is 2.05. The van der Waals surface area contributed by atoms with E-state index in [0.29, 0.717) is 11.7 Å². The van der Waals surface area contributed by atoms with Gasteiger partial charge in [0.05, 0.1) is 18.9 Å². The van der Waals surface area contributed by atoms with Gasteiger partial charge >= 0.3 is 0 Å². The fraction of sp³-hybridized carbons (Fsp3) is 0.444. The first-order valence-corrected chi connectivity index (χ1v) is 5.27. The number of nitrogens with zero attached hydrogens (tertiary/aromatic N) is 1. The van der Waals surface area contributed by atoms with Crippen LogP contribution in [0, 0.1) is 0 Å². The third kappa shape index (κ3) is 1.95. The van der Waals surface area contributed by atoms with Crippen molar-refractivity contribution in [1.82, 2.24) is 10.3 Å². The van der Waals surface area contributed by atoms with E-state index in [1.807, 2.05) is 11.5 Å². The van der Waals surface area contributed by atoms with Crippen LogP contribution in [0.25, 0.3) is 5.57 Å². The zero-order valence-corrected chi connectivity index (χ0v) is 8.67. The van der Waals surface area contributed by atoms with Gasteiger partial charge in [0.2, 0.25) is 0 Å². The predicted molar refractivity (Wildman–Crippen MR) is 55.5 cm³/mol. The number of aromatic nitrogens is 1. The topological polar surface area (TPSA) is 54.4 Å². The molecule has 1 aromatic rings. The van der Waals surface area contributed by atoms with Crippen molar-refractivity contribution in [3.05, 3.63) is 17.2 Å². The van der Waals surface area contributed by atoms with Crippen LogP contribution < -0.4 is 10.1 Å². The summed E-state index contributed by atoms with van der Waals surface area (Å²) in [6.45, 7) is 1.37. The molecule has 0 spiro atoms. The lowest BCUT2D eigenvalue weighted by molar-refractivity contribution is 0.217. The Morgan fingerprint density at radius 3 is 3.21 bits per heavy atom. The molecule has 0 fully saturated rings. The summed E-state index contributed by atoms with van der Waals surface area (Å²) in [6, 6.07) is 0. The maximum absolute atomic E-state index is 9.41. The number of hydrogen-bond acceptors (Lipinski definition) is 5. The molecule has 1 unspecified atom stereocenters. The fourth-order valence-corrected chi connectivity index (χ4v) is 2.04. The molecule has 0 radical (unpaired) electrons. The van der Waals surface area contributed by atoms with E-state index in [2.05, 4.69) is 10.3 Å². The van der Waals surface area contributed by atoms with Crippen LogP contribution in [0.5, 0.6) is 5.19 Å². The molecular formula is C9H12N2O2S. The molecule has 14 heavy (non-hydrogen) atoms. The smallest absolute Gasteiger partial charge is 0.273 e. The van der Waals surface area contributed by atoms with Gasteiger partial charge in [-0.2, -0.15) is 0 Å². The first kappa shape index (κ1) is 9.64. The first-order valence-electron chi connectivity index (χ1n) is 4.39. The molecule has 1 atom stereocenters. The summed E-state index contributed by atoms with van der Waals surface area (Å²) in [5, 5.41) is 15.1. The number of methoxy groups -OCH3 is 1. The van der Waals surface area contributed by atoms with Gasteiger partial charge in [0.1, 0.15) is 0 Å². The van der Waals surface area contributed by atoms with Crippen LogP contribution in [0.4, 0.5) is 0 Å². The predicted octanol–water partition coefficient (Wildman–Crippen LogP) is 0.499. The van der Waals surface area contributed by atoms with Crippen LogP contribution in [0.1, 0.15) is 5.69 Å². The van der Waals surface area contributed by atoms with Crippen LogP contribution in [-0.4, -0.2) is 36.4 Å². The molecule has 2 rings (SSSR count). The number of hydrogen-bond donors (Lipinski definition) is 2. The summed E-state index contributed by atoms with van der Waals surface area (Å²) in [7, 11) is 1.60. The number of thiazole rings is 1. The van der Waals surface area contributed by atoms with Gasteiger partial charge in [-0.1, -0.05) is 11.3 Å². The van der Waals surface area contributed by atoms with E-state index in [4.69, 9.17) is 4.74 Å². The van der Waals surface area contributed by atoms with Gasteiger partial charge in [-0.25, -0.2) is 4.98 Å². The van der Waals surface area contributed by atoms with Gasteiger partial charge in [0.25, 0.3) is 5.19 Å². The summed E-state index contributed by atoms with van der Waals surface area (Å²) in [5.74, 6) is 0. The largest absolute Gasteiger partial charge is 0.473 e. The van der Waals surface area contributed by atoms with Crippen molar-refractivity contribution in [3.63, 3.8) is 0 Å². The minimum Gasteiger partial charge on any atom is -0.473 e. The molecule has 0 saturated heterocycles. The highest BCUT2D eigenvalue weighted by Gasteiger charge is 2.14. The Labute approximate surface area is 86.2 Å². The highest BCUT2D eigenvalue weighted by atomic mass is 32.1. The van der Waals surface area contributed by atoms with Gasteiger partial charge in [-0.15, -0.1) is 0 Å². The van der Waals surface area contributed by atoms with E-state index in [0.717, 1.165) is 17.8 Å². The van der Waals surface area contributed by atoms with E-state index >= 15 is 0 Å². The van der Waals surface area contributed by atoms with Crippen molar-refractivity contribution in [2.24, 2.45) is 0 Å². The minimum absolute atomic E-state index is 0.411. The van der Waals surface area contributed by atoms with E-state index < -0.39 is 6.10 Å². The van der Waals surface area contributed by atoms with Crippen molar-refractivity contribution in [2.45, 2.75) is 6.10 Å². The van der Waals surface area contributed by atoms with E-state index in [1.165, 1.54) is 11.3 Å². The Hall–Kier alpha value is -0.910. The van der Waals surface area contributed by atoms with Gasteiger partial charge in [-0.3, -0.25) is 0 Å². The molecule has 2 heterocycles. The van der Waals surface area contributed by atoms with Crippen molar-refractivity contribution >= 4 is 16.9 Å². The average molecular weight is 212 g/mol. The SMILES string of the molecule is COc1nc(C2=CC(O)CNC2)cs1. The molecule has 76 valence electrons. The normalized spacial score (nSPS) is 21.9. The number of rotatable bonds is 2. The van der Waals surface area contributed by atoms with Crippen molar-refractivity contribution in [3.8, 4) is 5.19 Å². The van der Waals surface area contributed by atoms with Crippen LogP contribution in [0.3, 0.4) is 0 Å². The summed E-state index contributed by atoms with van der Waals surface area (Å²) < 4.78 is 5.01. The minimum atomic E-state index is -0.411. The first-order chi connectivity index (χ1) is 6.79. The third-order valence-corrected chi connectivity index (χ3v) is 2.85. The molecule has 5 heteroatoms. The van der Waals surface area contributed by atoms with Crippen LogP contribution in [0.2, 0.25) is 0 Å². The molecule has 0 amide bonds. The van der Waals surface area contributed by atoms with Gasteiger partial charge < -0.3 is 15.2 Å². The zero-order valence-electron chi connectivity index (χ0n) is 7.86. The molecule has 1 aliphatic heterocycles. The summed E-state index contributed by atoms with van der Waals surface area (Å²) in [6.07, 6.45) is 1.43. The molecule has 1 aromatic heterocycles. The Balaban J connectivity index is 2.21. The summed E-state index contributed by atoms with van der Waals surface area (Å²) in [5.41, 5.74) is 1.92. The molecule has 1 aliphatic rings. The molecule has 4 nitrogen and oxygen atoms in total. The average Bonchev–Trinajstić information content (AvgIpc) is 2.66. The van der Waals surface area contributed by atoms with Crippen LogP contribution in [-0.2, 0) is 0 Å². The lowest BCUT2D eigenvalue weighted by atomic mass is 10.1. The van der Waals surface area contributed by atoms with Crippen LogP contribution in [0.15, 0.2) is 11.5 Å². The number of ether oxygens (including phenoxy) is 1. The second-order valence-corrected chi connectivity index (χ2v) is 3.91. The zero-order chi connectivity index (χ0) is 9.97. The van der Waals surface area contributed by atoms with Crippen molar-refractivity contribution in [2.75, 3.05) is 20.2 Å². The lowest BCUT2D eigenvalue weighted by Gasteiger charge is -2.16. The highest BCUT2D eigenvalue weighted by Crippen LogP contribution is 2.23. The summed E-state index contributed by atoms with van der Waals surface area (Å²) >= 11 is 1.46. The number of β-amino-alcohol motifs (C(OH)–C–C–N with tert-alkyl or cyclic N) is 1. The lowest BCUT2D eigenvalue weighted by Crippen LogP contribution is -2.31. The fourth-order valence-electron chi connectivity index (χ4n) is 1.38. The molecule has 0 bridgehead atoms. The van der Waals surface area contributed by atoms with Crippen molar-refractivity contribution in [1.29, 1.82) is 0 Å². The molecule has 2 N–H and O–H groups in total. The van der Waals surface area contributed by atoms with E-state index in [1.54, 1.807) is 7.11 Å². The van der Waals surface area contributed by atoms with Gasteiger partial charge in [0, 0.05) is 18.5 Å². The van der Waals surface area contributed by atoms with E-state index in [-0.39, 0.29) is 0 Å².